The van der Waals surface area contributed by atoms with Gasteiger partial charge in [-0.3, -0.25) is 4.79 Å². The van der Waals surface area contributed by atoms with Crippen LogP contribution in [0.15, 0.2) is 53.1 Å². The Hall–Kier alpha value is -3.35. The average molecular weight is 355 g/mol. The Morgan fingerprint density at radius 1 is 1.12 bits per heavy atom. The monoisotopic (exact) mass is 355 g/mol. The molecule has 0 saturated heterocycles. The molecule has 0 N–H and O–H groups in total. The van der Waals surface area contributed by atoms with E-state index in [1.165, 1.54) is 12.1 Å². The number of ether oxygens (including phenoxy) is 3. The van der Waals surface area contributed by atoms with Crippen molar-refractivity contribution in [3.05, 3.63) is 60.4 Å². The second kappa shape index (κ2) is 6.87. The smallest absolute Gasteiger partial charge is 0.311 e. The molecule has 0 spiro atoms. The maximum absolute atomic E-state index is 13.0. The molecule has 0 radical (unpaired) electrons. The van der Waals surface area contributed by atoms with E-state index >= 15 is 0 Å². The first-order valence-corrected chi connectivity index (χ1v) is 7.98. The Bertz CT molecular complexity index is 935. The van der Waals surface area contributed by atoms with Crippen LogP contribution >= 0.6 is 0 Å². The van der Waals surface area contributed by atoms with Gasteiger partial charge in [0, 0.05) is 18.1 Å². The van der Waals surface area contributed by atoms with E-state index in [9.17, 15) is 9.18 Å². The van der Waals surface area contributed by atoms with Crippen molar-refractivity contribution < 1.29 is 27.8 Å². The summed E-state index contributed by atoms with van der Waals surface area (Å²) in [6, 6.07) is 10.8. The third-order valence-electron chi connectivity index (χ3n) is 3.80. The molecule has 7 heteroatoms. The predicted octanol–water partition coefficient (Wildman–Crippen LogP) is 3.75. The molecule has 1 aliphatic rings. The van der Waals surface area contributed by atoms with Crippen LogP contribution in [-0.2, 0) is 11.2 Å². The standard InChI is InChI=1S/C19H14FNO5/c20-13-3-1-12(2-4-13)17-10-21-18(26-17)7-8-19(22)25-14-5-6-15-16(9-14)24-11-23-15/h1-6,9-10H,7-8,11H2. The second-order valence-electron chi connectivity index (χ2n) is 5.61. The highest BCUT2D eigenvalue weighted by atomic mass is 19.1. The zero-order chi connectivity index (χ0) is 17.9. The molecule has 0 aliphatic carbocycles. The van der Waals surface area contributed by atoms with Crippen molar-refractivity contribution >= 4 is 5.97 Å². The number of halogens is 1. The van der Waals surface area contributed by atoms with E-state index in [0.29, 0.717) is 40.9 Å². The van der Waals surface area contributed by atoms with Crippen molar-refractivity contribution in [3.8, 4) is 28.6 Å². The largest absolute Gasteiger partial charge is 0.454 e. The fourth-order valence-electron chi connectivity index (χ4n) is 2.51. The highest BCUT2D eigenvalue weighted by Crippen LogP contribution is 2.35. The molecule has 3 aromatic rings. The van der Waals surface area contributed by atoms with Gasteiger partial charge < -0.3 is 18.6 Å². The van der Waals surface area contributed by atoms with Gasteiger partial charge in [-0.25, -0.2) is 9.37 Å². The van der Waals surface area contributed by atoms with Crippen molar-refractivity contribution in [2.75, 3.05) is 6.79 Å². The van der Waals surface area contributed by atoms with Gasteiger partial charge in [0.1, 0.15) is 11.6 Å². The molecule has 0 amide bonds. The van der Waals surface area contributed by atoms with Gasteiger partial charge in [0.15, 0.2) is 23.1 Å². The molecular weight excluding hydrogens is 341 g/mol. The van der Waals surface area contributed by atoms with E-state index in [2.05, 4.69) is 4.98 Å². The molecule has 1 aromatic heterocycles. The normalized spacial score (nSPS) is 12.2. The van der Waals surface area contributed by atoms with Gasteiger partial charge in [-0.1, -0.05) is 0 Å². The van der Waals surface area contributed by atoms with Crippen molar-refractivity contribution in [1.82, 2.24) is 4.98 Å². The number of esters is 1. The minimum Gasteiger partial charge on any atom is -0.454 e. The summed E-state index contributed by atoms with van der Waals surface area (Å²) in [6.07, 6.45) is 1.95. The number of fused-ring (bicyclic) bond motifs is 1. The third-order valence-corrected chi connectivity index (χ3v) is 3.80. The summed E-state index contributed by atoms with van der Waals surface area (Å²) in [6.45, 7) is 0.160. The number of carbonyl (C=O) groups is 1. The molecule has 0 fully saturated rings. The maximum atomic E-state index is 13.0. The second-order valence-corrected chi connectivity index (χ2v) is 5.61. The number of benzene rings is 2. The lowest BCUT2D eigenvalue weighted by molar-refractivity contribution is -0.134. The highest BCUT2D eigenvalue weighted by Gasteiger charge is 2.16. The molecule has 2 heterocycles. The lowest BCUT2D eigenvalue weighted by Gasteiger charge is -2.04. The van der Waals surface area contributed by atoms with Crippen molar-refractivity contribution in [2.24, 2.45) is 0 Å². The third kappa shape index (κ3) is 3.51. The summed E-state index contributed by atoms with van der Waals surface area (Å²) in [5.74, 6) is 1.75. The Morgan fingerprint density at radius 2 is 1.92 bits per heavy atom. The number of oxazole rings is 1. The molecule has 0 bridgehead atoms. The molecular formula is C19H14FNO5. The van der Waals surface area contributed by atoms with Crippen LogP contribution in [0.5, 0.6) is 17.2 Å². The summed E-state index contributed by atoms with van der Waals surface area (Å²) in [7, 11) is 0. The zero-order valence-electron chi connectivity index (χ0n) is 13.6. The van der Waals surface area contributed by atoms with Gasteiger partial charge in [-0.15, -0.1) is 0 Å². The lowest BCUT2D eigenvalue weighted by Crippen LogP contribution is -2.09. The molecule has 0 atom stereocenters. The fraction of sp³-hybridized carbons (Fsp3) is 0.158. The maximum Gasteiger partial charge on any atom is 0.311 e. The Morgan fingerprint density at radius 3 is 2.77 bits per heavy atom. The summed E-state index contributed by atoms with van der Waals surface area (Å²) >= 11 is 0. The summed E-state index contributed by atoms with van der Waals surface area (Å²) < 4.78 is 34.3. The number of hydrogen-bond donors (Lipinski definition) is 0. The molecule has 0 unspecified atom stereocenters. The van der Waals surface area contributed by atoms with E-state index in [0.717, 1.165) is 0 Å². The molecule has 26 heavy (non-hydrogen) atoms. The first-order valence-electron chi connectivity index (χ1n) is 7.98. The van der Waals surface area contributed by atoms with Crippen molar-refractivity contribution in [2.45, 2.75) is 12.8 Å². The van der Waals surface area contributed by atoms with Crippen LogP contribution in [0.25, 0.3) is 11.3 Å². The average Bonchev–Trinajstić information content (AvgIpc) is 3.29. The quantitative estimate of drug-likeness (QED) is 0.513. The fourth-order valence-corrected chi connectivity index (χ4v) is 2.51. The molecule has 0 saturated carbocycles. The van der Waals surface area contributed by atoms with Gasteiger partial charge in [0.05, 0.1) is 12.6 Å². The van der Waals surface area contributed by atoms with Gasteiger partial charge >= 0.3 is 5.97 Å². The first kappa shape index (κ1) is 16.1. The first-order chi connectivity index (χ1) is 12.7. The van der Waals surface area contributed by atoms with Crippen molar-refractivity contribution in [3.63, 3.8) is 0 Å². The van der Waals surface area contributed by atoms with E-state index in [-0.39, 0.29) is 19.0 Å². The molecule has 1 aliphatic heterocycles. The minimum absolute atomic E-state index is 0.109. The topological polar surface area (TPSA) is 70.8 Å². The molecule has 6 nitrogen and oxygen atoms in total. The Labute approximate surface area is 148 Å². The number of aromatic nitrogens is 1. The van der Waals surface area contributed by atoms with Crippen LogP contribution in [0, 0.1) is 5.82 Å². The number of aryl methyl sites for hydroxylation is 1. The van der Waals surface area contributed by atoms with Crippen LogP contribution in [-0.4, -0.2) is 17.7 Å². The van der Waals surface area contributed by atoms with Crippen molar-refractivity contribution in [1.29, 1.82) is 0 Å². The number of nitrogens with zero attached hydrogens (tertiary/aromatic N) is 1. The van der Waals surface area contributed by atoms with Gasteiger partial charge in [0.25, 0.3) is 0 Å². The van der Waals surface area contributed by atoms with E-state index in [1.807, 2.05) is 0 Å². The summed E-state index contributed by atoms with van der Waals surface area (Å²) in [5, 5.41) is 0. The van der Waals surface area contributed by atoms with Gasteiger partial charge in [-0.2, -0.15) is 0 Å². The van der Waals surface area contributed by atoms with Crippen LogP contribution in [0.3, 0.4) is 0 Å². The van der Waals surface area contributed by atoms with Gasteiger partial charge in [-0.05, 0) is 36.4 Å². The molecule has 132 valence electrons. The van der Waals surface area contributed by atoms with Crippen LogP contribution in [0.1, 0.15) is 12.3 Å². The zero-order valence-corrected chi connectivity index (χ0v) is 13.6. The highest BCUT2D eigenvalue weighted by molar-refractivity contribution is 5.73. The predicted molar refractivity (Wildman–Crippen MR) is 88.4 cm³/mol. The van der Waals surface area contributed by atoms with E-state index < -0.39 is 5.97 Å². The van der Waals surface area contributed by atoms with Crippen LogP contribution in [0.2, 0.25) is 0 Å². The Balaban J connectivity index is 1.34. The van der Waals surface area contributed by atoms with Crippen LogP contribution in [0.4, 0.5) is 4.39 Å². The summed E-state index contributed by atoms with van der Waals surface area (Å²) in [4.78, 5) is 16.1. The van der Waals surface area contributed by atoms with Gasteiger partial charge in [0.2, 0.25) is 6.79 Å². The SMILES string of the molecule is O=C(CCc1ncc(-c2ccc(F)cc2)o1)Oc1ccc2c(c1)OCO2. The minimum atomic E-state index is -0.412. The molecule has 4 rings (SSSR count). The number of hydrogen-bond acceptors (Lipinski definition) is 6. The van der Waals surface area contributed by atoms with Crippen LogP contribution < -0.4 is 14.2 Å². The van der Waals surface area contributed by atoms with E-state index in [1.54, 1.807) is 36.5 Å². The summed E-state index contributed by atoms with van der Waals surface area (Å²) in [5.41, 5.74) is 0.716. The number of rotatable bonds is 5. The number of carbonyl (C=O) groups excluding carboxylic acids is 1. The van der Waals surface area contributed by atoms with E-state index in [4.69, 9.17) is 18.6 Å². The molecule has 2 aromatic carbocycles. The lowest BCUT2D eigenvalue weighted by atomic mass is 10.2. The Kier molecular flexibility index (Phi) is 4.27.